The zero-order valence-electron chi connectivity index (χ0n) is 17.4. The van der Waals surface area contributed by atoms with E-state index in [0.717, 1.165) is 31.6 Å². The maximum atomic E-state index is 9.92. The number of hydrogen-bond donors (Lipinski definition) is 3. The number of rotatable bonds is 5. The maximum Gasteiger partial charge on any atom is 0.0602 e. The van der Waals surface area contributed by atoms with Crippen LogP contribution in [0.25, 0.3) is 0 Å². The van der Waals surface area contributed by atoms with Crippen LogP contribution in [-0.2, 0) is 0 Å². The van der Waals surface area contributed by atoms with Gasteiger partial charge in [0.15, 0.2) is 0 Å². The summed E-state index contributed by atoms with van der Waals surface area (Å²) < 4.78 is 0. The van der Waals surface area contributed by atoms with E-state index in [0.29, 0.717) is 11.8 Å². The predicted octanol–water partition coefficient (Wildman–Crippen LogP) is 5.05. The molecule has 0 heterocycles. The molecule has 3 N–H and O–H groups in total. The molecule has 0 bridgehead atoms. The molecule has 3 nitrogen and oxygen atoms in total. The van der Waals surface area contributed by atoms with Gasteiger partial charge < -0.3 is 15.3 Å². The third-order valence-electron chi connectivity index (χ3n) is 7.11. The van der Waals surface area contributed by atoms with Crippen molar-refractivity contribution >= 4 is 0 Å². The highest BCUT2D eigenvalue weighted by Crippen LogP contribution is 2.53. The van der Waals surface area contributed by atoms with Gasteiger partial charge in [0.05, 0.1) is 17.8 Å². The molecule has 3 rings (SSSR count). The summed E-state index contributed by atoms with van der Waals surface area (Å²) in [5.41, 5.74) is 2.77. The fourth-order valence-electron chi connectivity index (χ4n) is 5.82. The zero-order chi connectivity index (χ0) is 19.5. The second-order valence-corrected chi connectivity index (χ2v) is 10.4. The summed E-state index contributed by atoms with van der Waals surface area (Å²) >= 11 is 0. The van der Waals surface area contributed by atoms with Crippen molar-refractivity contribution < 1.29 is 15.3 Å². The van der Waals surface area contributed by atoms with Crippen LogP contribution in [0.15, 0.2) is 23.3 Å². The van der Waals surface area contributed by atoms with Crippen molar-refractivity contribution in [1.82, 2.24) is 0 Å². The van der Waals surface area contributed by atoms with E-state index in [2.05, 4.69) is 12.2 Å². The molecule has 0 unspecified atom stereocenters. The maximum absolute atomic E-state index is 9.92. The van der Waals surface area contributed by atoms with E-state index >= 15 is 0 Å². The largest absolute Gasteiger partial charge is 0.393 e. The lowest BCUT2D eigenvalue weighted by atomic mass is 9.70. The Bertz CT molecular complexity index is 544. The fourth-order valence-corrected chi connectivity index (χ4v) is 5.82. The third-order valence-corrected chi connectivity index (χ3v) is 7.11. The van der Waals surface area contributed by atoms with Crippen molar-refractivity contribution in [2.24, 2.45) is 11.3 Å². The molecule has 0 radical (unpaired) electrons. The number of allylic oxidation sites excluding steroid dienone is 3. The summed E-state index contributed by atoms with van der Waals surface area (Å²) in [7, 11) is 0. The summed E-state index contributed by atoms with van der Waals surface area (Å²) in [4.78, 5) is 0. The monoisotopic (exact) mass is 376 g/mol. The highest BCUT2D eigenvalue weighted by Gasteiger charge is 2.40. The summed E-state index contributed by atoms with van der Waals surface area (Å²) in [5.74, 6) is 0.841. The molecule has 3 fully saturated rings. The lowest BCUT2D eigenvalue weighted by Crippen LogP contribution is -2.24. The summed E-state index contributed by atoms with van der Waals surface area (Å²) in [6.45, 7) is 3.83. The van der Waals surface area contributed by atoms with Crippen LogP contribution in [-0.4, -0.2) is 33.1 Å². The molecule has 3 aliphatic rings. The van der Waals surface area contributed by atoms with E-state index in [1.807, 2.05) is 13.8 Å². The van der Waals surface area contributed by atoms with Crippen LogP contribution in [0.5, 0.6) is 0 Å². The smallest absolute Gasteiger partial charge is 0.0602 e. The second-order valence-electron chi connectivity index (χ2n) is 10.4. The number of aliphatic hydroxyl groups is 3. The molecule has 4 atom stereocenters. The minimum Gasteiger partial charge on any atom is -0.393 e. The van der Waals surface area contributed by atoms with Gasteiger partial charge in [-0.15, -0.1) is 0 Å². The van der Waals surface area contributed by atoms with E-state index in [9.17, 15) is 15.3 Å². The van der Waals surface area contributed by atoms with Gasteiger partial charge in [-0.2, -0.15) is 0 Å². The van der Waals surface area contributed by atoms with Gasteiger partial charge in [0, 0.05) is 0 Å². The fraction of sp³-hybridized carbons (Fsp3) is 0.833. The van der Waals surface area contributed by atoms with E-state index in [4.69, 9.17) is 0 Å². The topological polar surface area (TPSA) is 60.7 Å². The van der Waals surface area contributed by atoms with Crippen LogP contribution in [0.2, 0.25) is 0 Å². The molecular weight excluding hydrogens is 336 g/mol. The van der Waals surface area contributed by atoms with Gasteiger partial charge in [0.2, 0.25) is 0 Å². The molecule has 27 heavy (non-hydrogen) atoms. The van der Waals surface area contributed by atoms with Crippen LogP contribution in [0, 0.1) is 11.3 Å². The molecular formula is C24H40O3. The Balaban J connectivity index is 1.53. The van der Waals surface area contributed by atoms with E-state index in [-0.39, 0.29) is 12.2 Å². The van der Waals surface area contributed by atoms with Gasteiger partial charge in [-0.25, -0.2) is 0 Å². The van der Waals surface area contributed by atoms with Crippen molar-refractivity contribution in [3.8, 4) is 0 Å². The first-order valence-electron chi connectivity index (χ1n) is 11.2. The summed E-state index contributed by atoms with van der Waals surface area (Å²) in [5, 5.41) is 29.7. The SMILES string of the molecule is CC(C)(O)CCC[C@H]1CC[C@@]2(CCCC(=CC=C3C[C@@H](O)C[C@H](O)C3)C2)C1. The minimum atomic E-state index is -0.523. The average molecular weight is 377 g/mol. The van der Waals surface area contributed by atoms with Crippen LogP contribution >= 0.6 is 0 Å². The molecule has 3 aliphatic carbocycles. The van der Waals surface area contributed by atoms with Crippen LogP contribution in [0.4, 0.5) is 0 Å². The molecule has 0 aromatic heterocycles. The summed E-state index contributed by atoms with van der Waals surface area (Å²) in [6.07, 6.45) is 18.2. The highest BCUT2D eigenvalue weighted by molar-refractivity contribution is 5.22. The Morgan fingerprint density at radius 3 is 2.48 bits per heavy atom. The average Bonchev–Trinajstić information content (AvgIpc) is 2.93. The Morgan fingerprint density at radius 2 is 1.78 bits per heavy atom. The Hall–Kier alpha value is -0.640. The Labute approximate surface area is 165 Å². The molecule has 0 amide bonds. The molecule has 0 aliphatic heterocycles. The molecule has 3 saturated carbocycles. The predicted molar refractivity (Wildman–Crippen MR) is 110 cm³/mol. The Morgan fingerprint density at radius 1 is 1.07 bits per heavy atom. The minimum absolute atomic E-state index is 0.379. The number of aliphatic hydroxyl groups excluding tert-OH is 2. The van der Waals surface area contributed by atoms with Crippen molar-refractivity contribution in [3.05, 3.63) is 23.3 Å². The van der Waals surface area contributed by atoms with Crippen molar-refractivity contribution in [1.29, 1.82) is 0 Å². The van der Waals surface area contributed by atoms with Gasteiger partial charge in [0.25, 0.3) is 0 Å². The molecule has 0 aromatic rings. The van der Waals surface area contributed by atoms with Gasteiger partial charge in [0.1, 0.15) is 0 Å². The molecule has 1 spiro atoms. The quantitative estimate of drug-likeness (QED) is 0.629. The molecule has 3 heteroatoms. The van der Waals surface area contributed by atoms with E-state index < -0.39 is 5.60 Å². The Kier molecular flexibility index (Phi) is 6.87. The lowest BCUT2D eigenvalue weighted by Gasteiger charge is -2.35. The van der Waals surface area contributed by atoms with Gasteiger partial charge >= 0.3 is 0 Å². The first kappa shape index (κ1) is 21.1. The van der Waals surface area contributed by atoms with Gasteiger partial charge in [-0.1, -0.05) is 36.1 Å². The van der Waals surface area contributed by atoms with Crippen LogP contribution in [0.3, 0.4) is 0 Å². The normalized spacial score (nSPS) is 36.6. The first-order valence-corrected chi connectivity index (χ1v) is 11.2. The van der Waals surface area contributed by atoms with Crippen molar-refractivity contribution in [2.75, 3.05) is 0 Å². The lowest BCUT2D eigenvalue weighted by molar-refractivity contribution is 0.0608. The third kappa shape index (κ3) is 6.44. The van der Waals surface area contributed by atoms with Crippen molar-refractivity contribution in [3.63, 3.8) is 0 Å². The molecule has 0 saturated heterocycles. The summed E-state index contributed by atoms with van der Waals surface area (Å²) in [6, 6.07) is 0. The van der Waals surface area contributed by atoms with E-state index in [1.165, 1.54) is 56.9 Å². The molecule has 154 valence electrons. The highest BCUT2D eigenvalue weighted by atomic mass is 16.3. The number of hydrogen-bond acceptors (Lipinski definition) is 3. The van der Waals surface area contributed by atoms with E-state index in [1.54, 1.807) is 5.57 Å². The zero-order valence-corrected chi connectivity index (χ0v) is 17.4. The van der Waals surface area contributed by atoms with Crippen LogP contribution in [0.1, 0.15) is 97.3 Å². The van der Waals surface area contributed by atoms with Gasteiger partial charge in [-0.3, -0.25) is 0 Å². The van der Waals surface area contributed by atoms with Gasteiger partial charge in [-0.05, 0) is 95.8 Å². The first-order chi connectivity index (χ1) is 12.7. The van der Waals surface area contributed by atoms with Crippen LogP contribution < -0.4 is 0 Å². The standard InChI is InChI=1S/C24H40O3/c1-23(2,27)10-3-5-19-9-12-24(17-19)11-4-6-18(16-24)7-8-20-13-21(25)15-22(26)14-20/h7-8,19,21-22,25-27H,3-6,9-17H2,1-2H3/t19-,21+,22+,24+/m0/s1. The second kappa shape index (κ2) is 8.80. The van der Waals surface area contributed by atoms with Crippen molar-refractivity contribution in [2.45, 2.75) is 115 Å². The molecule has 0 aromatic carbocycles.